The molecule has 1 heterocycles. The summed E-state index contributed by atoms with van der Waals surface area (Å²) in [6.45, 7) is 4.92. The maximum absolute atomic E-state index is 14.3. The molecule has 4 aliphatic carbocycles. The van der Waals surface area contributed by atoms with Crippen molar-refractivity contribution < 1.29 is 14.7 Å². The zero-order valence-electron chi connectivity index (χ0n) is 26.7. The molecule has 3 aromatic rings. The van der Waals surface area contributed by atoms with E-state index in [1.54, 1.807) is 6.08 Å². The van der Waals surface area contributed by atoms with Gasteiger partial charge >= 0.3 is 0 Å². The van der Waals surface area contributed by atoms with Gasteiger partial charge in [-0.2, -0.15) is 5.26 Å². The van der Waals surface area contributed by atoms with Crippen molar-refractivity contribution in [3.05, 3.63) is 106 Å². The molecular weight excluding hydrogens is 589 g/mol. The Hall–Kier alpha value is -3.79. The van der Waals surface area contributed by atoms with Gasteiger partial charge in [0.25, 0.3) is 5.91 Å². The van der Waals surface area contributed by atoms with Gasteiger partial charge in [-0.25, -0.2) is 0 Å². The number of nitrogens with one attached hydrogen (secondary N) is 1. The number of carbonyl (C=O) groups is 2. The Balaban J connectivity index is 1.23. The van der Waals surface area contributed by atoms with Gasteiger partial charge in [0.1, 0.15) is 16.6 Å². The number of nitriles is 1. The first-order valence-electron chi connectivity index (χ1n) is 16.8. The summed E-state index contributed by atoms with van der Waals surface area (Å²) in [6.07, 6.45) is 12.2. The van der Waals surface area contributed by atoms with Crippen molar-refractivity contribution in [2.75, 3.05) is 5.32 Å². The average molecular weight is 631 g/mol. The minimum Gasteiger partial charge on any atom is -0.393 e. The number of rotatable bonds is 6. The van der Waals surface area contributed by atoms with E-state index in [4.69, 9.17) is 0 Å². The lowest BCUT2D eigenvalue weighted by Gasteiger charge is -2.58. The van der Waals surface area contributed by atoms with Gasteiger partial charge in [0, 0.05) is 5.56 Å². The van der Waals surface area contributed by atoms with Crippen LogP contribution in [0.2, 0.25) is 0 Å². The number of nitrogens with zero attached hydrogens (tertiary/aromatic N) is 1. The number of aliphatic hydroxyl groups excluding tert-OH is 1. The predicted octanol–water partition coefficient (Wildman–Crippen LogP) is 8.93. The lowest BCUT2D eigenvalue weighted by Crippen LogP contribution is -2.50. The number of ketones is 1. The Labute approximate surface area is 276 Å². The topological polar surface area (TPSA) is 90.2 Å². The first-order valence-corrected chi connectivity index (χ1v) is 17.7. The maximum atomic E-state index is 14.3. The van der Waals surface area contributed by atoms with Crippen LogP contribution in [-0.4, -0.2) is 22.9 Å². The van der Waals surface area contributed by atoms with Crippen molar-refractivity contribution in [3.63, 3.8) is 0 Å². The molecule has 3 saturated carbocycles. The fraction of sp³-hybridized carbons (Fsp3) is 0.425. The highest BCUT2D eigenvalue weighted by Gasteiger charge is 2.59. The fourth-order valence-electron chi connectivity index (χ4n) is 9.88. The Morgan fingerprint density at radius 1 is 0.978 bits per heavy atom. The van der Waals surface area contributed by atoms with Gasteiger partial charge in [-0.15, -0.1) is 11.3 Å². The molecule has 2 aromatic carbocycles. The molecule has 0 saturated heterocycles. The summed E-state index contributed by atoms with van der Waals surface area (Å²) < 4.78 is 0. The number of thiophene rings is 1. The summed E-state index contributed by atoms with van der Waals surface area (Å²) in [5.74, 6) is 1.44. The average Bonchev–Trinajstić information content (AvgIpc) is 3.64. The van der Waals surface area contributed by atoms with Crippen LogP contribution in [-0.2, 0) is 4.79 Å². The normalized spacial score (nSPS) is 31.9. The number of amides is 1. The monoisotopic (exact) mass is 630 g/mol. The zero-order valence-corrected chi connectivity index (χ0v) is 27.5. The highest BCUT2D eigenvalue weighted by atomic mass is 32.1. The van der Waals surface area contributed by atoms with Crippen LogP contribution in [0.4, 0.5) is 5.00 Å². The summed E-state index contributed by atoms with van der Waals surface area (Å²) in [6, 6.07) is 20.7. The number of benzene rings is 2. The van der Waals surface area contributed by atoms with E-state index in [2.05, 4.69) is 36.7 Å². The van der Waals surface area contributed by atoms with Crippen LogP contribution in [0.15, 0.2) is 83.3 Å². The molecule has 6 heteroatoms. The van der Waals surface area contributed by atoms with E-state index in [1.165, 1.54) is 23.3 Å². The van der Waals surface area contributed by atoms with Crippen molar-refractivity contribution in [3.8, 4) is 6.07 Å². The second-order valence-electron chi connectivity index (χ2n) is 14.5. The van der Waals surface area contributed by atoms with Crippen molar-refractivity contribution in [1.82, 2.24) is 0 Å². The van der Waals surface area contributed by atoms with E-state index in [0.29, 0.717) is 33.9 Å². The van der Waals surface area contributed by atoms with Gasteiger partial charge in [0.05, 0.1) is 11.7 Å². The van der Waals surface area contributed by atoms with E-state index < -0.39 is 5.91 Å². The molecule has 0 unspecified atom stereocenters. The molecule has 3 fully saturated rings. The maximum Gasteiger partial charge on any atom is 0.266 e. The number of carbonyl (C=O) groups excluding carboxylic acids is 2. The number of allylic oxidation sites excluding steroid dienone is 1. The molecule has 1 amide bonds. The minimum absolute atomic E-state index is 0.000997. The van der Waals surface area contributed by atoms with Crippen LogP contribution in [0, 0.1) is 39.9 Å². The largest absolute Gasteiger partial charge is 0.393 e. The van der Waals surface area contributed by atoms with Gasteiger partial charge < -0.3 is 10.4 Å². The molecular formula is C40H42N2O3S. The van der Waals surface area contributed by atoms with Gasteiger partial charge in [0.15, 0.2) is 5.78 Å². The zero-order chi connectivity index (χ0) is 32.1. The number of hydrogen-bond donors (Lipinski definition) is 2. The lowest BCUT2D eigenvalue weighted by atomic mass is 9.47. The highest BCUT2D eigenvalue weighted by Crippen LogP contribution is 2.68. The molecule has 2 N–H and O–H groups in total. The molecule has 0 spiro atoms. The predicted molar refractivity (Wildman–Crippen MR) is 183 cm³/mol. The first-order chi connectivity index (χ1) is 22.2. The second kappa shape index (κ2) is 12.1. The summed E-state index contributed by atoms with van der Waals surface area (Å²) in [7, 11) is 0. The highest BCUT2D eigenvalue weighted by molar-refractivity contribution is 7.15. The third kappa shape index (κ3) is 5.18. The first kappa shape index (κ1) is 30.8. The summed E-state index contributed by atoms with van der Waals surface area (Å²) in [5.41, 5.74) is 4.70. The number of fused-ring (bicyclic) bond motifs is 5. The molecule has 1 aromatic heterocycles. The molecule has 236 valence electrons. The van der Waals surface area contributed by atoms with Gasteiger partial charge in [-0.3, -0.25) is 9.59 Å². The van der Waals surface area contributed by atoms with E-state index in [9.17, 15) is 20.0 Å². The second-order valence-corrected chi connectivity index (χ2v) is 15.3. The molecule has 4 aliphatic rings. The number of aliphatic hydroxyl groups is 1. The van der Waals surface area contributed by atoms with Crippen LogP contribution in [0.1, 0.15) is 98.2 Å². The quantitative estimate of drug-likeness (QED) is 0.123. The Morgan fingerprint density at radius 2 is 1.72 bits per heavy atom. The Kier molecular flexibility index (Phi) is 8.11. The van der Waals surface area contributed by atoms with Gasteiger partial charge in [-0.1, -0.05) is 86.2 Å². The summed E-state index contributed by atoms with van der Waals surface area (Å²) in [5, 5.41) is 25.9. The van der Waals surface area contributed by atoms with Crippen LogP contribution < -0.4 is 5.32 Å². The summed E-state index contributed by atoms with van der Waals surface area (Å²) >= 11 is 1.40. The SMILES string of the molecule is C[C@]12CC[C@H]3[C@@H](CC=C4C[C@@H](O)CC[C@@]43C)[C@@H]1CC[C@@H]2c1csc(NC(=O)/C(C#N)=C\c2ccccc2)c1C(=O)c1ccccc1. The molecule has 5 nitrogen and oxygen atoms in total. The molecule has 0 radical (unpaired) electrons. The fourth-order valence-corrected chi connectivity index (χ4v) is 10.9. The molecule has 0 aliphatic heterocycles. The van der Waals surface area contributed by atoms with Crippen LogP contribution in [0.3, 0.4) is 0 Å². The van der Waals surface area contributed by atoms with Crippen LogP contribution >= 0.6 is 11.3 Å². The lowest BCUT2D eigenvalue weighted by molar-refractivity contribution is -0.112. The summed E-state index contributed by atoms with van der Waals surface area (Å²) in [4.78, 5) is 27.8. The van der Waals surface area contributed by atoms with E-state index in [1.807, 2.05) is 60.7 Å². The third-order valence-electron chi connectivity index (χ3n) is 12.2. The van der Waals surface area contributed by atoms with E-state index >= 15 is 0 Å². The van der Waals surface area contributed by atoms with Gasteiger partial charge in [0.2, 0.25) is 0 Å². The molecule has 7 atom stereocenters. The van der Waals surface area contributed by atoms with Crippen LogP contribution in [0.5, 0.6) is 0 Å². The van der Waals surface area contributed by atoms with E-state index in [-0.39, 0.29) is 34.2 Å². The third-order valence-corrected chi connectivity index (χ3v) is 13.2. The van der Waals surface area contributed by atoms with E-state index in [0.717, 1.165) is 56.1 Å². The number of hydrogen-bond acceptors (Lipinski definition) is 5. The molecule has 7 rings (SSSR count). The smallest absolute Gasteiger partial charge is 0.266 e. The van der Waals surface area contributed by atoms with Crippen molar-refractivity contribution in [2.24, 2.45) is 28.6 Å². The minimum atomic E-state index is -0.506. The van der Waals surface area contributed by atoms with Crippen LogP contribution in [0.25, 0.3) is 6.08 Å². The Bertz CT molecular complexity index is 1750. The van der Waals surface area contributed by atoms with Crippen molar-refractivity contribution in [2.45, 2.75) is 77.2 Å². The molecule has 46 heavy (non-hydrogen) atoms. The Morgan fingerprint density at radius 3 is 2.46 bits per heavy atom. The van der Waals surface area contributed by atoms with Crippen molar-refractivity contribution in [1.29, 1.82) is 5.26 Å². The van der Waals surface area contributed by atoms with Crippen molar-refractivity contribution >= 4 is 34.1 Å². The van der Waals surface area contributed by atoms with Gasteiger partial charge in [-0.05, 0) is 108 Å². The standard InChI is InChI=1S/C40H42N2O3S/c1-39-19-17-29(43)22-28(39)13-14-30-32-15-16-33(40(32,2)20-18-34(30)39)31-24-46-38(35(31)36(44)26-11-7-4-8-12-26)42-37(45)27(23-41)21-25-9-5-3-6-10-25/h3-13,21,24,29-30,32-34,43H,14-20,22H2,1-2H3,(H,42,45)/b27-21-/t29-,30-,32-,33+,34-,39-,40-/m0/s1. The number of anilines is 1. The molecule has 0 bridgehead atoms.